The molecule has 5 heterocycles. The minimum atomic E-state index is -0.189. The summed E-state index contributed by atoms with van der Waals surface area (Å²) in [5, 5.41) is 7.86. The van der Waals surface area contributed by atoms with Gasteiger partial charge < -0.3 is 15.2 Å². The van der Waals surface area contributed by atoms with Gasteiger partial charge in [-0.2, -0.15) is 5.10 Å². The van der Waals surface area contributed by atoms with E-state index in [1.54, 1.807) is 18.3 Å². The topological polar surface area (TPSA) is 105 Å². The predicted octanol–water partition coefficient (Wildman–Crippen LogP) is 2.40. The molecule has 0 aliphatic carbocycles. The molecule has 164 valence electrons. The van der Waals surface area contributed by atoms with E-state index >= 15 is 0 Å². The van der Waals surface area contributed by atoms with Crippen molar-refractivity contribution in [2.75, 3.05) is 31.1 Å². The fraction of sp³-hybridized carbons (Fsp3) is 0.348. The van der Waals surface area contributed by atoms with Crippen molar-refractivity contribution in [1.29, 1.82) is 0 Å². The largest absolute Gasteiger partial charge is 0.355 e. The first kappa shape index (κ1) is 20.3. The Balaban J connectivity index is 1.46. The Hall–Kier alpha value is -3.59. The summed E-state index contributed by atoms with van der Waals surface area (Å²) in [4.78, 5) is 32.3. The number of hydrogen-bond acceptors (Lipinski definition) is 7. The van der Waals surface area contributed by atoms with Crippen molar-refractivity contribution in [3.05, 3.63) is 53.2 Å². The normalized spacial score (nSPS) is 14.7. The zero-order valence-corrected chi connectivity index (χ0v) is 18.5. The molecule has 0 unspecified atom stereocenters. The Morgan fingerprint density at radius 1 is 1.09 bits per heavy atom. The number of carbonyl (C=O) groups is 1. The van der Waals surface area contributed by atoms with Gasteiger partial charge in [0.15, 0.2) is 11.5 Å². The molecular weight excluding hydrogens is 404 g/mol. The van der Waals surface area contributed by atoms with E-state index in [9.17, 15) is 4.79 Å². The number of nitrogens with one attached hydrogen (secondary N) is 2. The molecule has 1 saturated heterocycles. The average molecular weight is 431 g/mol. The molecule has 4 aromatic heterocycles. The summed E-state index contributed by atoms with van der Waals surface area (Å²) in [5.74, 6) is 0.989. The number of H-pyrrole nitrogens is 1. The van der Waals surface area contributed by atoms with Gasteiger partial charge in [-0.1, -0.05) is 0 Å². The second-order valence-electron chi connectivity index (χ2n) is 8.14. The Morgan fingerprint density at radius 3 is 2.78 bits per heavy atom. The Kier molecular flexibility index (Phi) is 5.18. The molecule has 0 spiro atoms. The number of nitrogens with zero attached hydrogens (tertiary/aromatic N) is 6. The number of pyridine rings is 2. The molecule has 1 aliphatic rings. The maximum atomic E-state index is 13.2. The molecule has 1 aliphatic heterocycles. The minimum absolute atomic E-state index is 0.189. The van der Waals surface area contributed by atoms with Crippen LogP contribution in [0.15, 0.2) is 30.5 Å². The van der Waals surface area contributed by atoms with Crippen LogP contribution in [0.4, 0.5) is 5.82 Å². The zero-order valence-electron chi connectivity index (χ0n) is 18.5. The minimum Gasteiger partial charge on any atom is -0.355 e. The fourth-order valence-electron chi connectivity index (χ4n) is 4.23. The van der Waals surface area contributed by atoms with Crippen molar-refractivity contribution < 1.29 is 4.79 Å². The molecule has 0 bridgehead atoms. The van der Waals surface area contributed by atoms with Gasteiger partial charge >= 0.3 is 0 Å². The number of aromatic nitrogens is 6. The lowest BCUT2D eigenvalue weighted by atomic mass is 10.1. The summed E-state index contributed by atoms with van der Waals surface area (Å²) in [5.41, 5.74) is 5.38. The lowest BCUT2D eigenvalue weighted by Gasteiger charge is -2.20. The van der Waals surface area contributed by atoms with Crippen molar-refractivity contribution in [1.82, 2.24) is 35.0 Å². The van der Waals surface area contributed by atoms with E-state index in [4.69, 9.17) is 4.98 Å². The third-order valence-electron chi connectivity index (χ3n) is 5.99. The lowest BCUT2D eigenvalue weighted by Crippen LogP contribution is -2.28. The monoisotopic (exact) mass is 430 g/mol. The maximum Gasteiger partial charge on any atom is 0.228 e. The summed E-state index contributed by atoms with van der Waals surface area (Å²) in [6.45, 7) is 7.76. The van der Waals surface area contributed by atoms with Gasteiger partial charge in [-0.05, 0) is 51.1 Å². The Bertz CT molecular complexity index is 1300. The molecule has 9 nitrogen and oxygen atoms in total. The fourth-order valence-corrected chi connectivity index (χ4v) is 4.23. The third kappa shape index (κ3) is 3.64. The van der Waals surface area contributed by atoms with Crippen LogP contribution in [-0.4, -0.2) is 61.7 Å². The van der Waals surface area contributed by atoms with E-state index in [1.807, 2.05) is 37.7 Å². The number of hydrogen-bond donors (Lipinski definition) is 2. The quantitative estimate of drug-likeness (QED) is 0.479. The van der Waals surface area contributed by atoms with Crippen LogP contribution in [0.3, 0.4) is 0 Å². The van der Waals surface area contributed by atoms with Gasteiger partial charge in [-0.3, -0.25) is 14.5 Å². The van der Waals surface area contributed by atoms with Crippen LogP contribution in [-0.2, 0) is 7.05 Å². The number of aryl methyl sites for hydroxylation is 2. The van der Waals surface area contributed by atoms with Crippen LogP contribution in [0.25, 0.3) is 22.4 Å². The first-order chi connectivity index (χ1) is 15.5. The number of aromatic amines is 1. The number of fused-ring (bicyclic) bond motifs is 1. The zero-order chi connectivity index (χ0) is 22.2. The molecule has 0 atom stereocenters. The standard InChI is InChI=1S/C23H26N8O/c1-14-20(15(2)30(3)29-14)18-13-16(7-9-25-18)21(32)23-26-17-5-6-19(27-22(17)28-23)31-11-4-8-24-10-12-31/h5-7,9,13,24H,4,8,10-12H2,1-3H3,(H,26,27,28). The van der Waals surface area contributed by atoms with Crippen LogP contribution < -0.4 is 10.2 Å². The van der Waals surface area contributed by atoms with E-state index in [1.165, 1.54) is 0 Å². The second-order valence-corrected chi connectivity index (χ2v) is 8.14. The SMILES string of the molecule is Cc1nn(C)c(C)c1-c1cc(C(=O)c2nc3ccc(N4CCCNCC4)nc3[nH]2)ccn1. The first-order valence-corrected chi connectivity index (χ1v) is 10.8. The first-order valence-electron chi connectivity index (χ1n) is 10.8. The molecule has 0 amide bonds. The Labute approximate surface area is 185 Å². The van der Waals surface area contributed by atoms with Crippen molar-refractivity contribution in [3.8, 4) is 11.3 Å². The third-order valence-corrected chi connectivity index (χ3v) is 5.99. The summed E-state index contributed by atoms with van der Waals surface area (Å²) >= 11 is 0. The van der Waals surface area contributed by atoms with E-state index in [0.717, 1.165) is 61.1 Å². The molecule has 2 N–H and O–H groups in total. The number of carbonyl (C=O) groups excluding carboxylic acids is 1. The number of ketones is 1. The highest BCUT2D eigenvalue weighted by Crippen LogP contribution is 2.26. The summed E-state index contributed by atoms with van der Waals surface area (Å²) in [7, 11) is 1.90. The number of rotatable bonds is 4. The highest BCUT2D eigenvalue weighted by molar-refractivity contribution is 6.08. The van der Waals surface area contributed by atoms with Gasteiger partial charge in [0.2, 0.25) is 5.78 Å². The lowest BCUT2D eigenvalue weighted by molar-refractivity contribution is 0.103. The van der Waals surface area contributed by atoms with Crippen molar-refractivity contribution in [2.24, 2.45) is 7.05 Å². The summed E-state index contributed by atoms with van der Waals surface area (Å²) in [6, 6.07) is 7.41. The molecule has 0 aromatic carbocycles. The maximum absolute atomic E-state index is 13.2. The van der Waals surface area contributed by atoms with Crippen LogP contribution in [0.2, 0.25) is 0 Å². The average Bonchev–Trinajstić information content (AvgIpc) is 3.19. The van der Waals surface area contributed by atoms with E-state index in [2.05, 4.69) is 30.3 Å². The number of anilines is 1. The number of imidazole rings is 1. The van der Waals surface area contributed by atoms with Crippen LogP contribution >= 0.6 is 0 Å². The second kappa shape index (κ2) is 8.16. The molecule has 9 heteroatoms. The summed E-state index contributed by atoms with van der Waals surface area (Å²) in [6.07, 6.45) is 2.73. The molecule has 4 aromatic rings. The van der Waals surface area contributed by atoms with Crippen LogP contribution in [0, 0.1) is 13.8 Å². The molecular formula is C23H26N8O. The van der Waals surface area contributed by atoms with Crippen LogP contribution in [0.1, 0.15) is 34.0 Å². The van der Waals surface area contributed by atoms with Gasteiger partial charge in [-0.25, -0.2) is 9.97 Å². The predicted molar refractivity (Wildman–Crippen MR) is 123 cm³/mol. The van der Waals surface area contributed by atoms with Gasteiger partial charge in [0.1, 0.15) is 11.3 Å². The van der Waals surface area contributed by atoms with E-state index in [-0.39, 0.29) is 11.6 Å². The van der Waals surface area contributed by atoms with Gasteiger partial charge in [0.25, 0.3) is 0 Å². The van der Waals surface area contributed by atoms with Gasteiger partial charge in [0, 0.05) is 49.7 Å². The summed E-state index contributed by atoms with van der Waals surface area (Å²) < 4.78 is 1.82. The highest BCUT2D eigenvalue weighted by atomic mass is 16.1. The molecule has 1 fully saturated rings. The van der Waals surface area contributed by atoms with Gasteiger partial charge in [-0.15, -0.1) is 0 Å². The van der Waals surface area contributed by atoms with Crippen LogP contribution in [0.5, 0.6) is 0 Å². The molecule has 0 saturated carbocycles. The van der Waals surface area contributed by atoms with Crippen molar-refractivity contribution in [2.45, 2.75) is 20.3 Å². The smallest absolute Gasteiger partial charge is 0.228 e. The van der Waals surface area contributed by atoms with E-state index in [0.29, 0.717) is 16.7 Å². The van der Waals surface area contributed by atoms with Crippen molar-refractivity contribution >= 4 is 22.8 Å². The van der Waals surface area contributed by atoms with Gasteiger partial charge in [0.05, 0.1) is 11.4 Å². The Morgan fingerprint density at radius 2 is 1.97 bits per heavy atom. The van der Waals surface area contributed by atoms with Crippen molar-refractivity contribution in [3.63, 3.8) is 0 Å². The highest BCUT2D eigenvalue weighted by Gasteiger charge is 2.19. The van der Waals surface area contributed by atoms with E-state index < -0.39 is 0 Å². The molecule has 32 heavy (non-hydrogen) atoms. The molecule has 0 radical (unpaired) electrons. The molecule has 5 rings (SSSR count).